The molecule has 0 atom stereocenters. The highest BCUT2D eigenvalue weighted by Gasteiger charge is 1.95. The quantitative estimate of drug-likeness (QED) is 0.719. The van der Waals surface area contributed by atoms with Gasteiger partial charge in [0.2, 0.25) is 0 Å². The van der Waals surface area contributed by atoms with E-state index in [1.165, 1.54) is 12.0 Å². The zero-order valence-electron chi connectivity index (χ0n) is 15.9. The molecule has 0 saturated heterocycles. The lowest BCUT2D eigenvalue weighted by Crippen LogP contribution is -1.90. The van der Waals surface area contributed by atoms with Gasteiger partial charge in [-0.25, -0.2) is 0 Å². The molecule has 22 heavy (non-hydrogen) atoms. The van der Waals surface area contributed by atoms with Crippen LogP contribution in [0.1, 0.15) is 48.0 Å². The molecule has 0 amide bonds. The highest BCUT2D eigenvalue weighted by Crippen LogP contribution is 2.11. The summed E-state index contributed by atoms with van der Waals surface area (Å²) in [5.74, 6) is 2.45. The molecule has 0 aliphatic heterocycles. The van der Waals surface area contributed by atoms with Crippen LogP contribution >= 0.6 is 0 Å². The second kappa shape index (κ2) is 16.1. The summed E-state index contributed by atoms with van der Waals surface area (Å²) in [6.45, 7) is 13.9. The van der Waals surface area contributed by atoms with E-state index in [4.69, 9.17) is 4.74 Å². The van der Waals surface area contributed by atoms with Crippen molar-refractivity contribution in [3.63, 3.8) is 0 Å². The summed E-state index contributed by atoms with van der Waals surface area (Å²) in [7, 11) is 3.75. The summed E-state index contributed by atoms with van der Waals surface area (Å²) in [6.07, 6.45) is 3.60. The van der Waals surface area contributed by atoms with E-state index in [1.807, 2.05) is 51.4 Å². The first-order valence-electron chi connectivity index (χ1n) is 8.30. The fraction of sp³-hybridized carbons (Fsp3) is 0.600. The topological polar surface area (TPSA) is 21.3 Å². The van der Waals surface area contributed by atoms with Gasteiger partial charge < -0.3 is 10.1 Å². The molecule has 1 rings (SSSR count). The van der Waals surface area contributed by atoms with Crippen LogP contribution in [-0.4, -0.2) is 20.7 Å². The van der Waals surface area contributed by atoms with Crippen molar-refractivity contribution in [2.24, 2.45) is 11.8 Å². The first kappa shape index (κ1) is 23.0. The maximum absolute atomic E-state index is 5.21. The third-order valence-electron chi connectivity index (χ3n) is 2.40. The molecule has 0 aliphatic carbocycles. The minimum Gasteiger partial charge on any atom is -0.494 e. The molecule has 0 unspecified atom stereocenters. The van der Waals surface area contributed by atoms with Gasteiger partial charge in [-0.3, -0.25) is 0 Å². The molecule has 128 valence electrons. The Kier molecular flexibility index (Phi) is 16.8. The summed E-state index contributed by atoms with van der Waals surface area (Å²) < 4.78 is 5.21. The van der Waals surface area contributed by atoms with Crippen LogP contribution in [0.2, 0.25) is 0 Å². The van der Waals surface area contributed by atoms with Gasteiger partial charge in [-0.05, 0) is 58.3 Å². The number of allylic oxidation sites excluding steroid dienone is 2. The smallest absolute Gasteiger partial charge is 0.119 e. The third kappa shape index (κ3) is 18.7. The van der Waals surface area contributed by atoms with Crippen LogP contribution in [0.4, 0.5) is 0 Å². The van der Waals surface area contributed by atoms with E-state index in [9.17, 15) is 0 Å². The van der Waals surface area contributed by atoms with Crippen molar-refractivity contribution >= 4 is 0 Å². The van der Waals surface area contributed by atoms with Gasteiger partial charge in [-0.1, -0.05) is 57.5 Å². The molecule has 0 fully saturated rings. The molecule has 1 N–H and O–H groups in total. The fourth-order valence-electron chi connectivity index (χ4n) is 1.96. The van der Waals surface area contributed by atoms with Crippen molar-refractivity contribution in [3.05, 3.63) is 42.0 Å². The largest absolute Gasteiger partial charge is 0.494 e. The predicted molar refractivity (Wildman–Crippen MR) is 101 cm³/mol. The molecule has 2 heteroatoms. The molecule has 1 aromatic rings. The van der Waals surface area contributed by atoms with Gasteiger partial charge in [0.25, 0.3) is 0 Å². The Hall–Kier alpha value is -1.28. The van der Waals surface area contributed by atoms with Crippen molar-refractivity contribution in [3.8, 4) is 5.75 Å². The van der Waals surface area contributed by atoms with E-state index in [0.717, 1.165) is 18.3 Å². The van der Waals surface area contributed by atoms with E-state index in [1.54, 1.807) is 0 Å². The average molecular weight is 308 g/mol. The Morgan fingerprint density at radius 1 is 1.09 bits per heavy atom. The Balaban J connectivity index is 0. The number of benzene rings is 1. The molecule has 0 aliphatic rings. The lowest BCUT2D eigenvalue weighted by atomic mass is 10.0. The molecule has 0 spiro atoms. The number of hydrogen-bond donors (Lipinski definition) is 1. The summed E-state index contributed by atoms with van der Waals surface area (Å²) in [6, 6.07) is 9.80. The van der Waals surface area contributed by atoms with Crippen LogP contribution in [0.25, 0.3) is 0 Å². The number of ether oxygens (including phenoxy) is 1. The first-order valence-corrected chi connectivity index (χ1v) is 8.30. The monoisotopic (exact) mass is 307 g/mol. The van der Waals surface area contributed by atoms with Gasteiger partial charge in [-0.2, -0.15) is 0 Å². The number of hydrogen-bond acceptors (Lipinski definition) is 2. The second-order valence-corrected chi connectivity index (χ2v) is 6.10. The van der Waals surface area contributed by atoms with E-state index >= 15 is 0 Å². The van der Waals surface area contributed by atoms with Gasteiger partial charge in [0.05, 0.1) is 6.61 Å². The number of nitrogens with one attached hydrogen (secondary N) is 1. The van der Waals surface area contributed by atoms with E-state index < -0.39 is 0 Å². The van der Waals surface area contributed by atoms with Gasteiger partial charge in [0.1, 0.15) is 5.75 Å². The van der Waals surface area contributed by atoms with Crippen LogP contribution in [0, 0.1) is 11.8 Å². The van der Waals surface area contributed by atoms with Crippen molar-refractivity contribution in [1.82, 2.24) is 5.32 Å². The molecule has 0 bridgehead atoms. The van der Waals surface area contributed by atoms with Crippen LogP contribution in [-0.2, 0) is 0 Å². The summed E-state index contributed by atoms with van der Waals surface area (Å²) in [4.78, 5) is 0. The van der Waals surface area contributed by atoms with Gasteiger partial charge in [0.15, 0.2) is 0 Å². The fourth-order valence-corrected chi connectivity index (χ4v) is 1.96. The summed E-state index contributed by atoms with van der Waals surface area (Å²) in [5, 5.41) is 2.75. The summed E-state index contributed by atoms with van der Waals surface area (Å²) >= 11 is 0. The molecule has 0 aromatic heterocycles. The number of rotatable bonds is 5. The second-order valence-electron chi connectivity index (χ2n) is 6.10. The van der Waals surface area contributed by atoms with Gasteiger partial charge >= 0.3 is 0 Å². The van der Waals surface area contributed by atoms with Gasteiger partial charge in [0, 0.05) is 0 Å². The van der Waals surface area contributed by atoms with Crippen LogP contribution in [0.15, 0.2) is 42.0 Å². The van der Waals surface area contributed by atoms with Crippen molar-refractivity contribution in [2.75, 3.05) is 20.7 Å². The molecule has 0 heterocycles. The molecule has 0 radical (unpaired) electrons. The molecule has 0 saturated carbocycles. The van der Waals surface area contributed by atoms with Crippen LogP contribution in [0.5, 0.6) is 5.75 Å². The average Bonchev–Trinajstić information content (AvgIpc) is 2.40. The zero-order chi connectivity index (χ0) is 17.4. The van der Waals surface area contributed by atoms with E-state index in [0.29, 0.717) is 5.92 Å². The van der Waals surface area contributed by atoms with Crippen molar-refractivity contribution in [2.45, 2.75) is 48.0 Å². The van der Waals surface area contributed by atoms with E-state index in [2.05, 4.69) is 46.0 Å². The highest BCUT2D eigenvalue weighted by molar-refractivity contribution is 5.20. The lowest BCUT2D eigenvalue weighted by molar-refractivity contribution is 0.340. The SMILES string of the molecule is C/C(=C\C(C)C)CC(C)C.CCOc1ccccc1.CNC. The Labute approximate surface area is 139 Å². The minimum absolute atomic E-state index is 0.707. The standard InChI is InChI=1S/C10H20.C8H10O.C2H7N/c1-8(2)6-10(5)7-9(3)4;1-2-9-8-6-4-3-5-7-8;1-3-2/h6,8-9H,7H2,1-5H3;3-7H,2H2,1H3;3H,1-2H3/b10-6+;;. The zero-order valence-corrected chi connectivity index (χ0v) is 15.9. The normalized spacial score (nSPS) is 10.5. The molecular formula is C20H37NO. The molecule has 1 aromatic carbocycles. The predicted octanol–water partition coefficient (Wildman–Crippen LogP) is 5.56. The molecular weight excluding hydrogens is 270 g/mol. The lowest BCUT2D eigenvalue weighted by Gasteiger charge is -2.05. The van der Waals surface area contributed by atoms with Crippen molar-refractivity contribution < 1.29 is 4.74 Å². The Morgan fingerprint density at radius 3 is 1.95 bits per heavy atom. The third-order valence-corrected chi connectivity index (χ3v) is 2.40. The van der Waals surface area contributed by atoms with Crippen molar-refractivity contribution in [1.29, 1.82) is 0 Å². The Morgan fingerprint density at radius 2 is 1.59 bits per heavy atom. The summed E-state index contributed by atoms with van der Waals surface area (Å²) in [5.41, 5.74) is 1.53. The molecule has 2 nitrogen and oxygen atoms in total. The van der Waals surface area contributed by atoms with E-state index in [-0.39, 0.29) is 0 Å². The Bertz CT molecular complexity index is 355. The van der Waals surface area contributed by atoms with Crippen LogP contribution in [0.3, 0.4) is 0 Å². The maximum atomic E-state index is 5.21. The van der Waals surface area contributed by atoms with Gasteiger partial charge in [-0.15, -0.1) is 0 Å². The minimum atomic E-state index is 0.707. The maximum Gasteiger partial charge on any atom is 0.119 e. The van der Waals surface area contributed by atoms with Crippen LogP contribution < -0.4 is 10.1 Å². The highest BCUT2D eigenvalue weighted by atomic mass is 16.5. The number of para-hydroxylation sites is 1. The first-order chi connectivity index (χ1) is 10.4.